The van der Waals surface area contributed by atoms with E-state index in [1.165, 1.54) is 5.57 Å². The van der Waals surface area contributed by atoms with Crippen molar-refractivity contribution in [1.82, 2.24) is 15.1 Å². The van der Waals surface area contributed by atoms with Gasteiger partial charge in [-0.05, 0) is 32.4 Å². The van der Waals surface area contributed by atoms with E-state index in [0.29, 0.717) is 19.6 Å². The largest absolute Gasteiger partial charge is 0.465 e. The fourth-order valence-corrected chi connectivity index (χ4v) is 3.24. The highest BCUT2D eigenvalue weighted by Gasteiger charge is 2.33. The molecule has 0 spiro atoms. The molecule has 1 saturated heterocycles. The molecule has 1 fully saturated rings. The highest BCUT2D eigenvalue weighted by atomic mass is 16.3. The molecule has 6 heteroatoms. The van der Waals surface area contributed by atoms with Gasteiger partial charge >= 0.3 is 0 Å². The van der Waals surface area contributed by atoms with Crippen molar-refractivity contribution in [1.29, 1.82) is 0 Å². The predicted octanol–water partition coefficient (Wildman–Crippen LogP) is 1.46. The van der Waals surface area contributed by atoms with Crippen molar-refractivity contribution < 1.29 is 14.0 Å². The molecule has 0 bridgehead atoms. The maximum atomic E-state index is 12.6. The lowest BCUT2D eigenvalue weighted by atomic mass is 10.1. The summed E-state index contributed by atoms with van der Waals surface area (Å²) in [6.45, 7) is 7.27. The third-order valence-corrected chi connectivity index (χ3v) is 4.75. The molecule has 1 N–H and O–H groups in total. The van der Waals surface area contributed by atoms with E-state index in [4.69, 9.17) is 4.42 Å². The first-order valence-corrected chi connectivity index (χ1v) is 8.53. The number of nitrogens with zero attached hydrogens (tertiary/aromatic N) is 2. The minimum Gasteiger partial charge on any atom is -0.465 e. The topological polar surface area (TPSA) is 65.8 Å². The SMILES string of the molecule is CC1=CCN(C(=O)C[C@H]2C(=O)NCCN2Cc2ccc(C)o2)CC1. The summed E-state index contributed by atoms with van der Waals surface area (Å²) < 4.78 is 5.63. The van der Waals surface area contributed by atoms with E-state index in [-0.39, 0.29) is 18.2 Å². The zero-order valence-electron chi connectivity index (χ0n) is 14.4. The zero-order chi connectivity index (χ0) is 17.1. The van der Waals surface area contributed by atoms with Crippen molar-refractivity contribution in [3.63, 3.8) is 0 Å². The van der Waals surface area contributed by atoms with Gasteiger partial charge in [0.1, 0.15) is 11.5 Å². The molecule has 2 aliphatic heterocycles. The van der Waals surface area contributed by atoms with E-state index < -0.39 is 6.04 Å². The van der Waals surface area contributed by atoms with Crippen LogP contribution >= 0.6 is 0 Å². The number of furan rings is 1. The summed E-state index contributed by atoms with van der Waals surface area (Å²) >= 11 is 0. The van der Waals surface area contributed by atoms with Crippen molar-refractivity contribution in [2.75, 3.05) is 26.2 Å². The van der Waals surface area contributed by atoms with Gasteiger partial charge in [0.25, 0.3) is 0 Å². The number of hydrogen-bond acceptors (Lipinski definition) is 4. The van der Waals surface area contributed by atoms with E-state index >= 15 is 0 Å². The van der Waals surface area contributed by atoms with E-state index in [9.17, 15) is 9.59 Å². The maximum absolute atomic E-state index is 12.6. The summed E-state index contributed by atoms with van der Waals surface area (Å²) in [4.78, 5) is 28.8. The molecule has 0 unspecified atom stereocenters. The van der Waals surface area contributed by atoms with Crippen LogP contribution in [0, 0.1) is 6.92 Å². The Morgan fingerprint density at radius 2 is 2.17 bits per heavy atom. The first-order chi connectivity index (χ1) is 11.5. The minimum atomic E-state index is -0.427. The van der Waals surface area contributed by atoms with Gasteiger partial charge in [-0.1, -0.05) is 11.6 Å². The Labute approximate surface area is 142 Å². The van der Waals surface area contributed by atoms with Gasteiger partial charge in [-0.15, -0.1) is 0 Å². The maximum Gasteiger partial charge on any atom is 0.237 e. The van der Waals surface area contributed by atoms with E-state index in [1.54, 1.807) is 0 Å². The van der Waals surface area contributed by atoms with Gasteiger partial charge < -0.3 is 14.6 Å². The van der Waals surface area contributed by atoms with Crippen molar-refractivity contribution in [3.8, 4) is 0 Å². The molecule has 1 atom stereocenters. The number of aryl methyl sites for hydroxylation is 1. The Morgan fingerprint density at radius 3 is 2.83 bits per heavy atom. The monoisotopic (exact) mass is 331 g/mol. The Morgan fingerprint density at radius 1 is 1.33 bits per heavy atom. The van der Waals surface area contributed by atoms with Crippen molar-refractivity contribution in [3.05, 3.63) is 35.3 Å². The average molecular weight is 331 g/mol. The molecule has 0 saturated carbocycles. The summed E-state index contributed by atoms with van der Waals surface area (Å²) in [5, 5.41) is 2.87. The van der Waals surface area contributed by atoms with Gasteiger partial charge in [0.2, 0.25) is 11.8 Å². The molecule has 2 aliphatic rings. The van der Waals surface area contributed by atoms with Crippen LogP contribution in [0.4, 0.5) is 0 Å². The van der Waals surface area contributed by atoms with Crippen LogP contribution in [0.25, 0.3) is 0 Å². The molecule has 6 nitrogen and oxygen atoms in total. The normalized spacial score (nSPS) is 22.2. The zero-order valence-corrected chi connectivity index (χ0v) is 14.4. The Kier molecular flexibility index (Phi) is 5.04. The van der Waals surface area contributed by atoms with Gasteiger partial charge in [0, 0.05) is 26.2 Å². The smallest absolute Gasteiger partial charge is 0.237 e. The second kappa shape index (κ2) is 7.21. The van der Waals surface area contributed by atoms with Crippen molar-refractivity contribution >= 4 is 11.8 Å². The molecule has 24 heavy (non-hydrogen) atoms. The molecule has 2 amide bonds. The standard InChI is InChI=1S/C18H25N3O3/c1-13-5-8-20(9-6-13)17(22)11-16-18(23)19-7-10-21(16)12-15-4-3-14(2)24-15/h3-5,16H,6-12H2,1-2H3,(H,19,23)/t16-/m0/s1. The average Bonchev–Trinajstić information content (AvgIpc) is 2.96. The van der Waals surface area contributed by atoms with Crippen LogP contribution in [0.5, 0.6) is 0 Å². The van der Waals surface area contributed by atoms with Crippen LogP contribution in [0.2, 0.25) is 0 Å². The number of carbonyl (C=O) groups excluding carboxylic acids is 2. The van der Waals surface area contributed by atoms with Gasteiger partial charge in [0.15, 0.2) is 0 Å². The Hall–Kier alpha value is -2.08. The van der Waals surface area contributed by atoms with E-state index in [0.717, 1.165) is 31.0 Å². The number of rotatable bonds is 4. The molecular formula is C18H25N3O3. The predicted molar refractivity (Wildman–Crippen MR) is 90.2 cm³/mol. The summed E-state index contributed by atoms with van der Waals surface area (Å²) in [6.07, 6.45) is 3.22. The van der Waals surface area contributed by atoms with E-state index in [2.05, 4.69) is 18.3 Å². The Bertz CT molecular complexity index is 650. The summed E-state index contributed by atoms with van der Waals surface area (Å²) in [5.74, 6) is 1.66. The summed E-state index contributed by atoms with van der Waals surface area (Å²) in [5.41, 5.74) is 1.32. The number of carbonyl (C=O) groups is 2. The number of amides is 2. The number of hydrogen-bond donors (Lipinski definition) is 1. The van der Waals surface area contributed by atoms with Gasteiger partial charge in [0.05, 0.1) is 19.0 Å². The molecule has 3 heterocycles. The minimum absolute atomic E-state index is 0.0430. The quantitative estimate of drug-likeness (QED) is 0.848. The fourth-order valence-electron chi connectivity index (χ4n) is 3.24. The first kappa shape index (κ1) is 16.8. The Balaban J connectivity index is 1.65. The molecule has 130 valence electrons. The fraction of sp³-hybridized carbons (Fsp3) is 0.556. The molecule has 0 radical (unpaired) electrons. The number of piperazine rings is 1. The highest BCUT2D eigenvalue weighted by molar-refractivity contribution is 5.89. The lowest BCUT2D eigenvalue weighted by molar-refractivity contribution is -0.139. The van der Waals surface area contributed by atoms with Crippen LogP contribution < -0.4 is 5.32 Å². The van der Waals surface area contributed by atoms with Crippen molar-refractivity contribution in [2.45, 2.75) is 39.3 Å². The summed E-state index contributed by atoms with van der Waals surface area (Å²) in [6, 6.07) is 3.42. The lowest BCUT2D eigenvalue weighted by Gasteiger charge is -2.35. The second-order valence-electron chi connectivity index (χ2n) is 6.63. The first-order valence-electron chi connectivity index (χ1n) is 8.53. The third kappa shape index (κ3) is 3.87. The molecule has 0 aromatic carbocycles. The van der Waals surface area contributed by atoms with Gasteiger partial charge in [-0.3, -0.25) is 14.5 Å². The second-order valence-corrected chi connectivity index (χ2v) is 6.63. The van der Waals surface area contributed by atoms with E-state index in [1.807, 2.05) is 28.9 Å². The van der Waals surface area contributed by atoms with Crippen molar-refractivity contribution in [2.24, 2.45) is 0 Å². The van der Waals surface area contributed by atoms with Gasteiger partial charge in [-0.2, -0.15) is 0 Å². The van der Waals surface area contributed by atoms with Crippen LogP contribution in [0.1, 0.15) is 31.3 Å². The number of nitrogens with one attached hydrogen (secondary N) is 1. The van der Waals surface area contributed by atoms with Gasteiger partial charge in [-0.25, -0.2) is 0 Å². The van der Waals surface area contributed by atoms with Crippen LogP contribution in [0.3, 0.4) is 0 Å². The molecule has 1 aromatic rings. The van der Waals surface area contributed by atoms with Crippen LogP contribution in [0.15, 0.2) is 28.2 Å². The lowest BCUT2D eigenvalue weighted by Crippen LogP contribution is -2.56. The van der Waals surface area contributed by atoms with Crippen LogP contribution in [-0.4, -0.2) is 53.8 Å². The summed E-state index contributed by atoms with van der Waals surface area (Å²) in [7, 11) is 0. The molecule has 1 aromatic heterocycles. The molecule has 3 rings (SSSR count). The molecular weight excluding hydrogens is 306 g/mol. The third-order valence-electron chi connectivity index (χ3n) is 4.75. The molecule has 0 aliphatic carbocycles. The highest BCUT2D eigenvalue weighted by Crippen LogP contribution is 2.18. The van der Waals surface area contributed by atoms with Crippen LogP contribution in [-0.2, 0) is 16.1 Å².